The molecule has 0 aliphatic carbocycles. The smallest absolute Gasteiger partial charge is 0.0468 e. The van der Waals surface area contributed by atoms with E-state index in [-0.39, 0.29) is 0 Å². The summed E-state index contributed by atoms with van der Waals surface area (Å²) >= 11 is 1.88. The summed E-state index contributed by atoms with van der Waals surface area (Å²) in [5, 5.41) is 10.1. The molecule has 0 fully saturated rings. The zero-order valence-corrected chi connectivity index (χ0v) is 34.7. The second-order valence-electron chi connectivity index (χ2n) is 16.0. The summed E-state index contributed by atoms with van der Waals surface area (Å²) in [5.41, 5.74) is 13.1. The van der Waals surface area contributed by atoms with Gasteiger partial charge in [0.25, 0.3) is 0 Å². The molecule has 0 spiro atoms. The number of benzene rings is 11. The Morgan fingerprint density at radius 1 is 0.274 bits per heavy atom. The van der Waals surface area contributed by atoms with E-state index in [1.165, 1.54) is 97.0 Å². The van der Waals surface area contributed by atoms with Crippen LogP contribution in [-0.4, -0.2) is 0 Å². The monoisotopic (exact) mass is 805 g/mol. The van der Waals surface area contributed by atoms with Crippen LogP contribution in [0.4, 0.5) is 17.1 Å². The Hall–Kier alpha value is -7.78. The number of nitrogens with zero attached hydrogens (tertiary/aromatic N) is 1. The van der Waals surface area contributed by atoms with Gasteiger partial charge < -0.3 is 4.90 Å². The summed E-state index contributed by atoms with van der Waals surface area (Å²) in [5.74, 6) is 0. The normalized spacial score (nSPS) is 11.5. The molecule has 0 aliphatic rings. The lowest BCUT2D eigenvalue weighted by Gasteiger charge is -2.27. The molecule has 62 heavy (non-hydrogen) atoms. The largest absolute Gasteiger partial charge is 0.310 e. The first-order valence-corrected chi connectivity index (χ1v) is 22.1. The lowest BCUT2D eigenvalue weighted by molar-refractivity contribution is 1.29. The van der Waals surface area contributed by atoms with E-state index in [4.69, 9.17) is 0 Å². The van der Waals surface area contributed by atoms with Gasteiger partial charge >= 0.3 is 0 Å². The van der Waals surface area contributed by atoms with Crippen LogP contribution in [0.3, 0.4) is 0 Å². The van der Waals surface area contributed by atoms with E-state index in [2.05, 4.69) is 241 Å². The summed E-state index contributed by atoms with van der Waals surface area (Å²) in [7, 11) is 0. The lowest BCUT2D eigenvalue weighted by Crippen LogP contribution is -2.10. The van der Waals surface area contributed by atoms with Gasteiger partial charge in [-0.2, -0.15) is 0 Å². The quantitative estimate of drug-likeness (QED) is 0.145. The standard InChI is InChI=1S/C60H39NS/c1-3-17-42(18-4-1)58-54-27-10-9-25-51(54)52-37-36-47(39-56(52)59(58)43-19-5-2-6-20-43)61(45-34-32-41(33-35-45)49-28-14-21-40-16-7-8-24-48(40)49)46-23-13-22-44(38-46)50-29-15-30-55-53-26-11-12-31-57(53)62-60(50)55/h1-39H. The molecular formula is C60H39NS. The fourth-order valence-electron chi connectivity index (χ4n) is 9.63. The molecule has 1 aromatic heterocycles. The van der Waals surface area contributed by atoms with Crippen LogP contribution in [0.1, 0.15) is 0 Å². The third kappa shape index (κ3) is 6.07. The van der Waals surface area contributed by atoms with E-state index in [0.717, 1.165) is 17.1 Å². The minimum atomic E-state index is 1.09. The molecule has 11 aromatic carbocycles. The Morgan fingerprint density at radius 2 is 0.806 bits per heavy atom. The predicted molar refractivity (Wildman–Crippen MR) is 268 cm³/mol. The number of anilines is 3. The number of rotatable bonds is 7. The van der Waals surface area contributed by atoms with Crippen molar-refractivity contribution in [2.75, 3.05) is 4.90 Å². The highest BCUT2D eigenvalue weighted by atomic mass is 32.1. The molecule has 0 radical (unpaired) electrons. The van der Waals surface area contributed by atoms with Gasteiger partial charge in [-0.05, 0) is 119 Å². The summed E-state index contributed by atoms with van der Waals surface area (Å²) < 4.78 is 2.63. The zero-order chi connectivity index (χ0) is 41.0. The molecule has 0 saturated carbocycles. The minimum absolute atomic E-state index is 1.09. The molecule has 0 unspecified atom stereocenters. The van der Waals surface area contributed by atoms with Crippen LogP contribution >= 0.6 is 11.3 Å². The first-order valence-electron chi connectivity index (χ1n) is 21.3. The molecule has 1 nitrogen and oxygen atoms in total. The van der Waals surface area contributed by atoms with Gasteiger partial charge in [0, 0.05) is 37.2 Å². The summed E-state index contributed by atoms with van der Waals surface area (Å²) in [6, 6.07) is 86.8. The van der Waals surface area contributed by atoms with E-state index in [0.29, 0.717) is 0 Å². The SMILES string of the molecule is c1ccc(-c2c(-c3ccccc3)c3cc(N(c4ccc(-c5cccc6ccccc56)cc4)c4cccc(-c5cccc6c5sc5ccccc56)c4)ccc3c3ccccc23)cc1. The molecule has 0 atom stereocenters. The highest BCUT2D eigenvalue weighted by Crippen LogP contribution is 2.48. The van der Waals surface area contributed by atoms with Gasteiger partial charge in [-0.15, -0.1) is 11.3 Å². The van der Waals surface area contributed by atoms with Crippen LogP contribution in [0.2, 0.25) is 0 Å². The van der Waals surface area contributed by atoms with Crippen molar-refractivity contribution in [1.82, 2.24) is 0 Å². The number of hydrogen-bond donors (Lipinski definition) is 0. The topological polar surface area (TPSA) is 3.24 Å². The first kappa shape index (κ1) is 36.1. The number of fused-ring (bicyclic) bond motifs is 7. The van der Waals surface area contributed by atoms with E-state index < -0.39 is 0 Å². The Bertz CT molecular complexity index is 3620. The molecule has 0 aliphatic heterocycles. The van der Waals surface area contributed by atoms with Gasteiger partial charge in [0.2, 0.25) is 0 Å². The second-order valence-corrected chi connectivity index (χ2v) is 17.0. The highest BCUT2D eigenvalue weighted by molar-refractivity contribution is 7.26. The van der Waals surface area contributed by atoms with E-state index in [9.17, 15) is 0 Å². The Labute approximate surface area is 365 Å². The molecule has 12 aromatic rings. The molecule has 1 heterocycles. The van der Waals surface area contributed by atoms with Crippen molar-refractivity contribution in [3.63, 3.8) is 0 Å². The average Bonchev–Trinajstić information content (AvgIpc) is 3.73. The molecule has 2 heteroatoms. The summed E-state index contributed by atoms with van der Waals surface area (Å²) in [6.07, 6.45) is 0. The third-order valence-electron chi connectivity index (χ3n) is 12.4. The van der Waals surface area contributed by atoms with Crippen molar-refractivity contribution in [2.24, 2.45) is 0 Å². The molecule has 0 bridgehead atoms. The maximum Gasteiger partial charge on any atom is 0.0468 e. The van der Waals surface area contributed by atoms with Crippen LogP contribution in [0.25, 0.3) is 97.0 Å². The van der Waals surface area contributed by atoms with Crippen LogP contribution in [0.5, 0.6) is 0 Å². The van der Waals surface area contributed by atoms with Crippen LogP contribution in [0, 0.1) is 0 Å². The van der Waals surface area contributed by atoms with E-state index in [1.54, 1.807) is 0 Å². The average molecular weight is 806 g/mol. The third-order valence-corrected chi connectivity index (χ3v) is 13.7. The van der Waals surface area contributed by atoms with Crippen molar-refractivity contribution in [1.29, 1.82) is 0 Å². The maximum absolute atomic E-state index is 2.44. The fourth-order valence-corrected chi connectivity index (χ4v) is 10.9. The van der Waals surface area contributed by atoms with Crippen LogP contribution in [-0.2, 0) is 0 Å². The summed E-state index contributed by atoms with van der Waals surface area (Å²) in [4.78, 5) is 2.44. The van der Waals surface area contributed by atoms with E-state index in [1.807, 2.05) is 11.3 Å². The van der Waals surface area contributed by atoms with Gasteiger partial charge in [0.1, 0.15) is 0 Å². The van der Waals surface area contributed by atoms with Crippen molar-refractivity contribution < 1.29 is 0 Å². The fraction of sp³-hybridized carbons (Fsp3) is 0. The van der Waals surface area contributed by atoms with Crippen molar-refractivity contribution in [3.8, 4) is 44.5 Å². The molecule has 0 N–H and O–H groups in total. The Morgan fingerprint density at radius 3 is 1.60 bits per heavy atom. The van der Waals surface area contributed by atoms with Crippen molar-refractivity contribution in [3.05, 3.63) is 237 Å². The summed E-state index contributed by atoms with van der Waals surface area (Å²) in [6.45, 7) is 0. The minimum Gasteiger partial charge on any atom is -0.310 e. The predicted octanol–water partition coefficient (Wildman–Crippen LogP) is 17.7. The van der Waals surface area contributed by atoms with Crippen molar-refractivity contribution in [2.45, 2.75) is 0 Å². The molecule has 0 amide bonds. The Kier molecular flexibility index (Phi) is 8.76. The highest BCUT2D eigenvalue weighted by Gasteiger charge is 2.21. The molecule has 0 saturated heterocycles. The Balaban J connectivity index is 1.10. The number of thiophene rings is 1. The van der Waals surface area contributed by atoms with Crippen LogP contribution < -0.4 is 4.90 Å². The van der Waals surface area contributed by atoms with Crippen molar-refractivity contribution >= 4 is 80.9 Å². The zero-order valence-electron chi connectivity index (χ0n) is 33.9. The maximum atomic E-state index is 2.44. The second kappa shape index (κ2) is 15.0. The molecule has 12 rings (SSSR count). The van der Waals surface area contributed by atoms with Gasteiger partial charge in [-0.3, -0.25) is 0 Å². The first-order chi connectivity index (χ1) is 30.8. The van der Waals surface area contributed by atoms with Gasteiger partial charge in [-0.1, -0.05) is 194 Å². The van der Waals surface area contributed by atoms with Gasteiger partial charge in [0.15, 0.2) is 0 Å². The van der Waals surface area contributed by atoms with Gasteiger partial charge in [0.05, 0.1) is 0 Å². The van der Waals surface area contributed by atoms with Gasteiger partial charge in [-0.25, -0.2) is 0 Å². The number of hydrogen-bond acceptors (Lipinski definition) is 2. The lowest BCUT2D eigenvalue weighted by atomic mass is 9.85. The molecular weight excluding hydrogens is 767 g/mol. The molecule has 290 valence electrons. The van der Waals surface area contributed by atoms with E-state index >= 15 is 0 Å². The van der Waals surface area contributed by atoms with Crippen LogP contribution in [0.15, 0.2) is 237 Å².